The van der Waals surface area contributed by atoms with E-state index in [1.165, 1.54) is 25.3 Å². The number of non-ortho nitro benzene ring substituents is 1. The van der Waals surface area contributed by atoms with Crippen LogP contribution >= 0.6 is 0 Å². The number of anilines is 1. The van der Waals surface area contributed by atoms with Gasteiger partial charge >= 0.3 is 0 Å². The summed E-state index contributed by atoms with van der Waals surface area (Å²) in [5.74, 6) is -1.53. The number of halogens is 2. The lowest BCUT2D eigenvalue weighted by Gasteiger charge is -2.09. The van der Waals surface area contributed by atoms with Gasteiger partial charge in [-0.1, -0.05) is 6.07 Å². The number of nitro benzene ring substituents is 1. The molecule has 0 aliphatic rings. The number of methoxy groups -OCH3 is 1. The molecule has 1 N–H and O–H groups in total. The van der Waals surface area contributed by atoms with Gasteiger partial charge in [0.1, 0.15) is 5.75 Å². The average molecular weight is 294 g/mol. The Bertz CT molecular complexity index is 677. The van der Waals surface area contributed by atoms with E-state index < -0.39 is 16.6 Å². The predicted octanol–water partition coefficient (Wildman–Crippen LogP) is 3.49. The summed E-state index contributed by atoms with van der Waals surface area (Å²) in [5.41, 5.74) is 0.840. The SMILES string of the molecule is COc1cc(NCc2ccc(F)c(F)c2)cc([N+](=O)[O-])c1. The summed E-state index contributed by atoms with van der Waals surface area (Å²) in [6.45, 7) is 0.196. The van der Waals surface area contributed by atoms with Gasteiger partial charge in [0.15, 0.2) is 11.6 Å². The second kappa shape index (κ2) is 6.17. The van der Waals surface area contributed by atoms with E-state index in [1.807, 2.05) is 0 Å². The fourth-order valence-corrected chi connectivity index (χ4v) is 1.76. The van der Waals surface area contributed by atoms with E-state index in [9.17, 15) is 18.9 Å². The third-order valence-corrected chi connectivity index (χ3v) is 2.82. The molecule has 110 valence electrons. The summed E-state index contributed by atoms with van der Waals surface area (Å²) in [7, 11) is 1.40. The highest BCUT2D eigenvalue weighted by Gasteiger charge is 2.10. The highest BCUT2D eigenvalue weighted by molar-refractivity contribution is 5.56. The zero-order chi connectivity index (χ0) is 15.4. The summed E-state index contributed by atoms with van der Waals surface area (Å²) >= 11 is 0. The van der Waals surface area contributed by atoms with Gasteiger partial charge in [0.25, 0.3) is 5.69 Å². The molecule has 0 radical (unpaired) electrons. The molecule has 0 bridgehead atoms. The minimum absolute atomic E-state index is 0.123. The molecule has 0 aromatic heterocycles. The number of benzene rings is 2. The highest BCUT2D eigenvalue weighted by Crippen LogP contribution is 2.26. The molecule has 0 spiro atoms. The molecular weight excluding hydrogens is 282 g/mol. The Labute approximate surface area is 119 Å². The number of rotatable bonds is 5. The number of nitro groups is 1. The van der Waals surface area contributed by atoms with Crippen LogP contribution in [-0.4, -0.2) is 12.0 Å². The predicted molar refractivity (Wildman–Crippen MR) is 73.3 cm³/mol. The van der Waals surface area contributed by atoms with E-state index in [-0.39, 0.29) is 12.2 Å². The molecule has 0 saturated heterocycles. The fraction of sp³-hybridized carbons (Fsp3) is 0.143. The first-order valence-electron chi connectivity index (χ1n) is 6.01. The maximum absolute atomic E-state index is 13.1. The van der Waals surface area contributed by atoms with E-state index in [2.05, 4.69) is 5.32 Å². The molecule has 0 atom stereocenters. The molecule has 2 aromatic rings. The van der Waals surface area contributed by atoms with Gasteiger partial charge in [0.05, 0.1) is 18.1 Å². The zero-order valence-corrected chi connectivity index (χ0v) is 11.1. The molecule has 2 rings (SSSR count). The topological polar surface area (TPSA) is 64.4 Å². The van der Waals surface area contributed by atoms with Gasteiger partial charge in [0, 0.05) is 24.4 Å². The molecular formula is C14H12F2N2O3. The molecule has 0 saturated carbocycles. The van der Waals surface area contributed by atoms with Crippen molar-refractivity contribution in [3.63, 3.8) is 0 Å². The van der Waals surface area contributed by atoms with Crippen LogP contribution in [0, 0.1) is 21.7 Å². The molecule has 0 unspecified atom stereocenters. The first-order valence-corrected chi connectivity index (χ1v) is 6.01. The van der Waals surface area contributed by atoms with Gasteiger partial charge in [-0.3, -0.25) is 10.1 Å². The molecule has 5 nitrogen and oxygen atoms in total. The van der Waals surface area contributed by atoms with Crippen molar-refractivity contribution in [1.82, 2.24) is 0 Å². The third kappa shape index (κ3) is 3.65. The molecule has 7 heteroatoms. The van der Waals surface area contributed by atoms with Crippen LogP contribution in [0.1, 0.15) is 5.56 Å². The summed E-state index contributed by atoms with van der Waals surface area (Å²) in [6, 6.07) is 7.73. The number of ether oxygens (including phenoxy) is 1. The first-order chi connectivity index (χ1) is 9.99. The van der Waals surface area contributed by atoms with Crippen LogP contribution < -0.4 is 10.1 Å². The maximum atomic E-state index is 13.1. The van der Waals surface area contributed by atoms with Gasteiger partial charge < -0.3 is 10.1 Å². The van der Waals surface area contributed by atoms with Crippen LogP contribution in [0.4, 0.5) is 20.2 Å². The maximum Gasteiger partial charge on any atom is 0.275 e. The van der Waals surface area contributed by atoms with Crippen LogP contribution in [0.5, 0.6) is 5.75 Å². The van der Waals surface area contributed by atoms with Gasteiger partial charge in [-0.25, -0.2) is 8.78 Å². The van der Waals surface area contributed by atoms with E-state index in [0.29, 0.717) is 17.0 Å². The standard InChI is InChI=1S/C14H12F2N2O3/c1-21-12-6-10(5-11(7-12)18(19)20)17-8-9-2-3-13(15)14(16)4-9/h2-7,17H,8H2,1H3. The van der Waals surface area contributed by atoms with E-state index in [1.54, 1.807) is 6.07 Å². The first kappa shape index (κ1) is 14.7. The Morgan fingerprint density at radius 2 is 1.95 bits per heavy atom. The van der Waals surface area contributed by atoms with Crippen LogP contribution in [0.2, 0.25) is 0 Å². The number of nitrogens with one attached hydrogen (secondary N) is 1. The van der Waals surface area contributed by atoms with Gasteiger partial charge in [0.2, 0.25) is 0 Å². The highest BCUT2D eigenvalue weighted by atomic mass is 19.2. The van der Waals surface area contributed by atoms with Crippen LogP contribution in [0.3, 0.4) is 0 Å². The Balaban J connectivity index is 2.17. The quantitative estimate of drug-likeness (QED) is 0.677. The molecule has 0 aliphatic heterocycles. The normalized spacial score (nSPS) is 10.2. The van der Waals surface area contributed by atoms with Crippen LogP contribution in [0.25, 0.3) is 0 Å². The van der Waals surface area contributed by atoms with Crippen molar-refractivity contribution in [1.29, 1.82) is 0 Å². The average Bonchev–Trinajstić information content (AvgIpc) is 2.48. The number of hydrogen-bond acceptors (Lipinski definition) is 4. The van der Waals surface area contributed by atoms with Crippen LogP contribution in [-0.2, 0) is 6.54 Å². The van der Waals surface area contributed by atoms with Crippen molar-refractivity contribution < 1.29 is 18.4 Å². The Morgan fingerprint density at radius 1 is 1.19 bits per heavy atom. The largest absolute Gasteiger partial charge is 0.496 e. The van der Waals surface area contributed by atoms with Gasteiger partial charge in [-0.05, 0) is 17.7 Å². The molecule has 0 heterocycles. The molecule has 0 aliphatic carbocycles. The van der Waals surface area contributed by atoms with Crippen LogP contribution in [0.15, 0.2) is 36.4 Å². The second-order valence-electron chi connectivity index (χ2n) is 4.28. The van der Waals surface area contributed by atoms with Crippen molar-refractivity contribution >= 4 is 11.4 Å². The van der Waals surface area contributed by atoms with E-state index in [4.69, 9.17) is 4.74 Å². The lowest BCUT2D eigenvalue weighted by Crippen LogP contribution is -2.01. The number of nitrogens with zero attached hydrogens (tertiary/aromatic N) is 1. The Kier molecular flexibility index (Phi) is 4.32. The van der Waals surface area contributed by atoms with E-state index in [0.717, 1.165) is 12.1 Å². The Morgan fingerprint density at radius 3 is 2.57 bits per heavy atom. The van der Waals surface area contributed by atoms with Crippen molar-refractivity contribution in [2.24, 2.45) is 0 Å². The second-order valence-corrected chi connectivity index (χ2v) is 4.28. The summed E-state index contributed by atoms with van der Waals surface area (Å²) in [5, 5.41) is 13.7. The number of hydrogen-bond donors (Lipinski definition) is 1. The van der Waals surface area contributed by atoms with Crippen molar-refractivity contribution in [3.8, 4) is 5.75 Å². The molecule has 21 heavy (non-hydrogen) atoms. The van der Waals surface area contributed by atoms with E-state index >= 15 is 0 Å². The summed E-state index contributed by atoms with van der Waals surface area (Å²) < 4.78 is 30.9. The monoisotopic (exact) mass is 294 g/mol. The lowest BCUT2D eigenvalue weighted by atomic mass is 10.2. The van der Waals surface area contributed by atoms with Gasteiger partial charge in [-0.15, -0.1) is 0 Å². The minimum Gasteiger partial charge on any atom is -0.496 e. The smallest absolute Gasteiger partial charge is 0.275 e. The third-order valence-electron chi connectivity index (χ3n) is 2.82. The summed E-state index contributed by atoms with van der Waals surface area (Å²) in [6.07, 6.45) is 0. The Hall–Kier alpha value is -2.70. The zero-order valence-electron chi connectivity index (χ0n) is 11.1. The van der Waals surface area contributed by atoms with Crippen molar-refractivity contribution in [2.45, 2.75) is 6.54 Å². The minimum atomic E-state index is -0.939. The molecule has 0 amide bonds. The van der Waals surface area contributed by atoms with Crippen molar-refractivity contribution in [3.05, 3.63) is 63.7 Å². The summed E-state index contributed by atoms with van der Waals surface area (Å²) in [4.78, 5) is 10.3. The van der Waals surface area contributed by atoms with Gasteiger partial charge in [-0.2, -0.15) is 0 Å². The fourth-order valence-electron chi connectivity index (χ4n) is 1.76. The van der Waals surface area contributed by atoms with Crippen molar-refractivity contribution in [2.75, 3.05) is 12.4 Å². The molecule has 0 fully saturated rings. The molecule has 2 aromatic carbocycles. The lowest BCUT2D eigenvalue weighted by molar-refractivity contribution is -0.384.